The van der Waals surface area contributed by atoms with Crippen LogP contribution in [-0.2, 0) is 9.53 Å². The Labute approximate surface area is 151 Å². The molecule has 0 radical (unpaired) electrons. The van der Waals surface area contributed by atoms with Crippen LogP contribution in [0.4, 0.5) is 0 Å². The van der Waals surface area contributed by atoms with Gasteiger partial charge in [0, 0.05) is 0 Å². The molecule has 0 aromatic rings. The summed E-state index contributed by atoms with van der Waals surface area (Å²) in [7, 11) is 0. The summed E-state index contributed by atoms with van der Waals surface area (Å²) in [5.41, 5.74) is 8.93. The zero-order valence-electron chi connectivity index (χ0n) is 15.9. The number of carbonyl (C=O) groups is 1. The Morgan fingerprint density at radius 1 is 1.04 bits per heavy atom. The van der Waals surface area contributed by atoms with Crippen LogP contribution in [0, 0.1) is 28.6 Å². The van der Waals surface area contributed by atoms with Gasteiger partial charge < -0.3 is 10.5 Å². The molecule has 2 N–H and O–H groups in total. The van der Waals surface area contributed by atoms with Crippen LogP contribution >= 0.6 is 0 Å². The van der Waals surface area contributed by atoms with Gasteiger partial charge >= 0.3 is 0 Å². The Morgan fingerprint density at radius 3 is 2.60 bits per heavy atom. The molecule has 138 valence electrons. The quantitative estimate of drug-likeness (QED) is 0.811. The number of ether oxygens (including phenoxy) is 1. The third-order valence-electron chi connectivity index (χ3n) is 8.83. The van der Waals surface area contributed by atoms with E-state index in [0.29, 0.717) is 23.1 Å². The molecule has 6 atom stereocenters. The van der Waals surface area contributed by atoms with Crippen molar-refractivity contribution >= 4 is 5.78 Å². The van der Waals surface area contributed by atoms with Crippen LogP contribution in [-0.4, -0.2) is 18.0 Å². The highest BCUT2D eigenvalue weighted by Crippen LogP contribution is 2.65. The zero-order valence-corrected chi connectivity index (χ0v) is 15.9. The molecule has 4 fully saturated rings. The lowest BCUT2D eigenvalue weighted by molar-refractivity contribution is -0.135. The first-order valence-electron chi connectivity index (χ1n) is 10.6. The molecule has 0 aliphatic heterocycles. The van der Waals surface area contributed by atoms with Gasteiger partial charge in [-0.3, -0.25) is 4.79 Å². The molecule has 5 aliphatic rings. The Morgan fingerprint density at radius 2 is 1.84 bits per heavy atom. The second-order valence-corrected chi connectivity index (χ2v) is 10.2. The Bertz CT molecular complexity index is 636. The second kappa shape index (κ2) is 5.34. The van der Waals surface area contributed by atoms with Crippen molar-refractivity contribution in [2.75, 3.05) is 0 Å². The van der Waals surface area contributed by atoms with Gasteiger partial charge in [0.05, 0.1) is 11.8 Å². The molecule has 5 aliphatic carbocycles. The number of rotatable bonds is 2. The maximum absolute atomic E-state index is 12.8. The van der Waals surface area contributed by atoms with Crippen molar-refractivity contribution in [2.45, 2.75) is 90.3 Å². The van der Waals surface area contributed by atoms with E-state index in [0.717, 1.165) is 37.5 Å². The summed E-state index contributed by atoms with van der Waals surface area (Å²) in [4.78, 5) is 12.8. The van der Waals surface area contributed by atoms with E-state index >= 15 is 0 Å². The van der Waals surface area contributed by atoms with Gasteiger partial charge in [0.2, 0.25) is 5.78 Å². The lowest BCUT2D eigenvalue weighted by atomic mass is 9.47. The molecule has 0 amide bonds. The number of Topliss-reactive ketones (excluding diaryl/α,β-unsaturated/α-hetero) is 1. The molecule has 0 aromatic carbocycles. The summed E-state index contributed by atoms with van der Waals surface area (Å²) in [6, 6.07) is 0. The van der Waals surface area contributed by atoms with E-state index in [4.69, 9.17) is 10.5 Å². The van der Waals surface area contributed by atoms with E-state index in [9.17, 15) is 4.79 Å². The van der Waals surface area contributed by atoms with Crippen LogP contribution in [0.2, 0.25) is 0 Å². The van der Waals surface area contributed by atoms with Crippen molar-refractivity contribution in [3.8, 4) is 0 Å². The van der Waals surface area contributed by atoms with Gasteiger partial charge in [-0.1, -0.05) is 20.3 Å². The van der Waals surface area contributed by atoms with Gasteiger partial charge in [-0.05, 0) is 91.9 Å². The van der Waals surface area contributed by atoms with Gasteiger partial charge in [-0.2, -0.15) is 0 Å². The first kappa shape index (κ1) is 16.4. The fourth-order valence-corrected chi connectivity index (χ4v) is 7.36. The highest BCUT2D eigenvalue weighted by atomic mass is 16.5. The predicted octanol–water partition coefficient (Wildman–Crippen LogP) is 4.35. The minimum atomic E-state index is -0.281. The van der Waals surface area contributed by atoms with E-state index in [1.54, 1.807) is 0 Å². The van der Waals surface area contributed by atoms with Crippen molar-refractivity contribution in [3.63, 3.8) is 0 Å². The van der Waals surface area contributed by atoms with Crippen LogP contribution in [0.3, 0.4) is 0 Å². The smallest absolute Gasteiger partial charge is 0.207 e. The highest BCUT2D eigenvalue weighted by molar-refractivity contribution is 6.00. The third-order valence-corrected chi connectivity index (χ3v) is 8.83. The van der Waals surface area contributed by atoms with Gasteiger partial charge in [0.1, 0.15) is 6.10 Å². The summed E-state index contributed by atoms with van der Waals surface area (Å²) >= 11 is 0. The van der Waals surface area contributed by atoms with Crippen LogP contribution in [0.15, 0.2) is 11.3 Å². The van der Waals surface area contributed by atoms with Crippen LogP contribution in [0.1, 0.15) is 78.1 Å². The molecular formula is C22H33NO2. The fraction of sp³-hybridized carbons (Fsp3) is 0.864. The molecule has 0 heterocycles. The van der Waals surface area contributed by atoms with E-state index in [-0.39, 0.29) is 17.3 Å². The van der Waals surface area contributed by atoms with E-state index < -0.39 is 0 Å². The van der Waals surface area contributed by atoms with Crippen molar-refractivity contribution < 1.29 is 9.53 Å². The maximum atomic E-state index is 12.8. The molecule has 4 saturated carbocycles. The third kappa shape index (κ3) is 2.30. The average molecular weight is 344 g/mol. The summed E-state index contributed by atoms with van der Waals surface area (Å²) in [6.45, 7) is 4.96. The number of carbonyl (C=O) groups excluding carboxylic acids is 1. The number of fused-ring (bicyclic) bond motifs is 5. The Balaban J connectivity index is 1.49. The van der Waals surface area contributed by atoms with E-state index in [1.165, 1.54) is 44.1 Å². The van der Waals surface area contributed by atoms with Crippen LogP contribution < -0.4 is 5.73 Å². The Hall–Kier alpha value is -0.830. The van der Waals surface area contributed by atoms with Crippen molar-refractivity contribution in [1.29, 1.82) is 0 Å². The van der Waals surface area contributed by atoms with Crippen molar-refractivity contribution in [1.82, 2.24) is 0 Å². The number of ketones is 1. The predicted molar refractivity (Wildman–Crippen MR) is 97.7 cm³/mol. The first-order valence-corrected chi connectivity index (χ1v) is 10.6. The van der Waals surface area contributed by atoms with Gasteiger partial charge in [-0.15, -0.1) is 0 Å². The molecule has 0 aromatic heterocycles. The monoisotopic (exact) mass is 343 g/mol. The summed E-state index contributed by atoms with van der Waals surface area (Å²) < 4.78 is 6.12. The number of allylic oxidation sites excluding steroid dienone is 1. The zero-order chi connectivity index (χ0) is 17.4. The number of hydrogen-bond donors (Lipinski definition) is 1. The van der Waals surface area contributed by atoms with Crippen molar-refractivity contribution in [3.05, 3.63) is 11.3 Å². The maximum Gasteiger partial charge on any atom is 0.207 e. The fourth-order valence-electron chi connectivity index (χ4n) is 7.36. The molecule has 25 heavy (non-hydrogen) atoms. The molecule has 0 saturated heterocycles. The van der Waals surface area contributed by atoms with Crippen molar-refractivity contribution in [2.24, 2.45) is 34.3 Å². The minimum Gasteiger partial charge on any atom is -0.396 e. The van der Waals surface area contributed by atoms with E-state index in [1.807, 2.05) is 0 Å². The van der Waals surface area contributed by atoms with Crippen LogP contribution in [0.5, 0.6) is 0 Å². The van der Waals surface area contributed by atoms with Gasteiger partial charge in [0.15, 0.2) is 0 Å². The molecule has 0 spiro atoms. The first-order chi connectivity index (χ1) is 11.9. The largest absolute Gasteiger partial charge is 0.396 e. The Kier molecular flexibility index (Phi) is 3.49. The lowest BCUT2D eigenvalue weighted by Crippen LogP contribution is -2.53. The topological polar surface area (TPSA) is 52.3 Å². The summed E-state index contributed by atoms with van der Waals surface area (Å²) in [5, 5.41) is 0. The minimum absolute atomic E-state index is 0.0827. The molecule has 3 heteroatoms. The SMILES string of the molecule is C[C@@]12CCC[C@H]1[C@@H]1CCC3=C(N)C(=O)C(OC4CC4)C[C@]3(C)[C@H]1CC2. The van der Waals surface area contributed by atoms with Crippen LogP contribution in [0.25, 0.3) is 0 Å². The molecule has 5 rings (SSSR count). The molecule has 1 unspecified atom stereocenters. The summed E-state index contributed by atoms with van der Waals surface area (Å²) in [5.74, 6) is 2.51. The second-order valence-electron chi connectivity index (χ2n) is 10.2. The molecular weight excluding hydrogens is 310 g/mol. The molecule has 0 bridgehead atoms. The average Bonchev–Trinajstić information content (AvgIpc) is 3.29. The normalized spacial score (nSPS) is 49.6. The lowest BCUT2D eigenvalue weighted by Gasteiger charge is -2.58. The van der Waals surface area contributed by atoms with Gasteiger partial charge in [-0.25, -0.2) is 0 Å². The number of hydrogen-bond acceptors (Lipinski definition) is 3. The van der Waals surface area contributed by atoms with Gasteiger partial charge in [0.25, 0.3) is 0 Å². The van der Waals surface area contributed by atoms with E-state index in [2.05, 4.69) is 13.8 Å². The number of nitrogens with two attached hydrogens (primary N) is 1. The standard InChI is InChI=1S/C22H33NO2/c1-21-10-3-4-15(21)14-7-8-17-19(23)20(24)18(25-13-5-6-13)12-22(17,2)16(14)9-11-21/h13-16,18H,3-12,23H2,1-2H3/t14-,15-,16-,18?,21-,22+/m0/s1. The highest BCUT2D eigenvalue weighted by Gasteiger charge is 2.58. The molecule has 3 nitrogen and oxygen atoms in total. The summed E-state index contributed by atoms with van der Waals surface area (Å²) in [6.07, 6.45) is 12.4.